The molecular formula is C16H17NO3S. The molecule has 1 amide bonds. The lowest BCUT2D eigenvalue weighted by molar-refractivity contribution is -0.144. The highest BCUT2D eigenvalue weighted by atomic mass is 32.1. The molecule has 4 nitrogen and oxygen atoms in total. The van der Waals surface area contributed by atoms with Gasteiger partial charge in [-0.25, -0.2) is 4.79 Å². The number of carboxylic acid groups (broad SMARTS) is 1. The largest absolute Gasteiger partial charge is 0.480 e. The van der Waals surface area contributed by atoms with Gasteiger partial charge in [-0.05, 0) is 42.8 Å². The number of aliphatic carboxylic acids is 1. The van der Waals surface area contributed by atoms with Crippen molar-refractivity contribution in [2.75, 3.05) is 0 Å². The van der Waals surface area contributed by atoms with Crippen molar-refractivity contribution in [1.29, 1.82) is 0 Å². The molecule has 0 saturated heterocycles. The molecule has 0 radical (unpaired) electrons. The highest BCUT2D eigenvalue weighted by Gasteiger charge is 2.42. The molecule has 1 saturated carbocycles. The van der Waals surface area contributed by atoms with E-state index in [-0.39, 0.29) is 5.91 Å². The maximum Gasteiger partial charge on any atom is 0.329 e. The average Bonchev–Trinajstić information content (AvgIpc) is 3.05. The van der Waals surface area contributed by atoms with Crippen LogP contribution in [0.15, 0.2) is 24.3 Å². The van der Waals surface area contributed by atoms with Crippen molar-refractivity contribution in [2.24, 2.45) is 0 Å². The highest BCUT2D eigenvalue weighted by molar-refractivity contribution is 7.20. The van der Waals surface area contributed by atoms with Crippen LogP contribution >= 0.6 is 11.3 Å². The van der Waals surface area contributed by atoms with Crippen LogP contribution in [-0.2, 0) is 4.79 Å². The van der Waals surface area contributed by atoms with Crippen molar-refractivity contribution in [3.8, 4) is 0 Å². The number of nitrogens with one attached hydrogen (secondary N) is 1. The first-order valence-electron chi connectivity index (χ1n) is 7.06. The maximum atomic E-state index is 12.4. The minimum atomic E-state index is -1.08. The second kappa shape index (κ2) is 5.15. The normalized spacial score (nSPS) is 17.0. The second-order valence-corrected chi connectivity index (χ2v) is 6.78. The van der Waals surface area contributed by atoms with Gasteiger partial charge >= 0.3 is 5.97 Å². The van der Waals surface area contributed by atoms with Gasteiger partial charge in [0.25, 0.3) is 5.91 Å². The summed E-state index contributed by atoms with van der Waals surface area (Å²) in [5.41, 5.74) is 0.0671. The van der Waals surface area contributed by atoms with E-state index in [2.05, 4.69) is 5.32 Å². The van der Waals surface area contributed by atoms with Crippen LogP contribution in [0.1, 0.15) is 40.9 Å². The Balaban J connectivity index is 1.88. The van der Waals surface area contributed by atoms with E-state index >= 15 is 0 Å². The van der Waals surface area contributed by atoms with Crippen molar-refractivity contribution in [3.05, 3.63) is 34.7 Å². The monoisotopic (exact) mass is 303 g/mol. The van der Waals surface area contributed by atoms with E-state index in [9.17, 15) is 14.7 Å². The number of aryl methyl sites for hydroxylation is 1. The smallest absolute Gasteiger partial charge is 0.329 e. The number of hydrogen-bond donors (Lipinski definition) is 2. The Bertz CT molecular complexity index is 713. The zero-order valence-corrected chi connectivity index (χ0v) is 12.6. The molecule has 1 aromatic heterocycles. The van der Waals surface area contributed by atoms with Gasteiger partial charge in [-0.15, -0.1) is 11.3 Å². The van der Waals surface area contributed by atoms with Gasteiger partial charge in [0, 0.05) is 4.70 Å². The third kappa shape index (κ3) is 2.53. The van der Waals surface area contributed by atoms with Gasteiger partial charge in [0.2, 0.25) is 0 Å². The number of amides is 1. The van der Waals surface area contributed by atoms with E-state index < -0.39 is 11.5 Å². The molecule has 2 aromatic rings. The first kappa shape index (κ1) is 14.1. The Labute approximate surface area is 126 Å². The number of rotatable bonds is 3. The molecule has 1 aromatic carbocycles. The fourth-order valence-corrected chi connectivity index (χ4v) is 3.96. The van der Waals surface area contributed by atoms with Gasteiger partial charge in [-0.1, -0.05) is 25.0 Å². The third-order valence-corrected chi connectivity index (χ3v) is 5.22. The average molecular weight is 303 g/mol. The number of fused-ring (bicyclic) bond motifs is 1. The van der Waals surface area contributed by atoms with Gasteiger partial charge in [-0.2, -0.15) is 0 Å². The summed E-state index contributed by atoms with van der Waals surface area (Å²) < 4.78 is 1.05. The van der Waals surface area contributed by atoms with E-state index in [0.717, 1.165) is 28.5 Å². The molecule has 0 aliphatic heterocycles. The molecule has 0 spiro atoms. The minimum absolute atomic E-state index is 0.279. The zero-order valence-electron chi connectivity index (χ0n) is 11.8. The summed E-state index contributed by atoms with van der Waals surface area (Å²) in [5, 5.41) is 13.2. The molecule has 0 unspecified atom stereocenters. The molecule has 1 fully saturated rings. The molecule has 2 N–H and O–H groups in total. The minimum Gasteiger partial charge on any atom is -0.480 e. The van der Waals surface area contributed by atoms with Gasteiger partial charge in [0.15, 0.2) is 0 Å². The summed E-state index contributed by atoms with van der Waals surface area (Å²) in [5.74, 6) is -1.21. The summed E-state index contributed by atoms with van der Waals surface area (Å²) in [6.45, 7) is 2.01. The van der Waals surface area contributed by atoms with Crippen LogP contribution < -0.4 is 5.32 Å². The number of carbonyl (C=O) groups excluding carboxylic acids is 1. The molecule has 21 heavy (non-hydrogen) atoms. The van der Waals surface area contributed by atoms with Crippen LogP contribution in [0.25, 0.3) is 10.1 Å². The lowest BCUT2D eigenvalue weighted by Crippen LogP contribution is -2.52. The Morgan fingerprint density at radius 1 is 1.24 bits per heavy atom. The first-order valence-corrected chi connectivity index (χ1v) is 7.88. The summed E-state index contributed by atoms with van der Waals surface area (Å²) >= 11 is 1.41. The maximum absolute atomic E-state index is 12.4. The van der Waals surface area contributed by atoms with E-state index in [0.29, 0.717) is 17.7 Å². The van der Waals surface area contributed by atoms with Crippen LogP contribution in [-0.4, -0.2) is 22.5 Å². The van der Waals surface area contributed by atoms with Gasteiger partial charge in [0.05, 0.1) is 4.88 Å². The van der Waals surface area contributed by atoms with Crippen LogP contribution in [0, 0.1) is 6.92 Å². The lowest BCUT2D eigenvalue weighted by Gasteiger charge is -2.24. The number of thiophene rings is 1. The van der Waals surface area contributed by atoms with Crippen molar-refractivity contribution >= 4 is 33.3 Å². The van der Waals surface area contributed by atoms with Crippen molar-refractivity contribution < 1.29 is 14.7 Å². The van der Waals surface area contributed by atoms with Gasteiger partial charge in [0.1, 0.15) is 5.54 Å². The van der Waals surface area contributed by atoms with E-state index in [1.165, 1.54) is 11.3 Å². The molecule has 0 bridgehead atoms. The molecule has 1 aliphatic rings. The summed E-state index contributed by atoms with van der Waals surface area (Å²) in [6, 6.07) is 7.87. The molecule has 5 heteroatoms. The summed E-state index contributed by atoms with van der Waals surface area (Å²) in [7, 11) is 0. The van der Waals surface area contributed by atoms with E-state index in [1.54, 1.807) is 0 Å². The topological polar surface area (TPSA) is 66.4 Å². The van der Waals surface area contributed by atoms with Crippen LogP contribution in [0.5, 0.6) is 0 Å². The van der Waals surface area contributed by atoms with Crippen LogP contribution in [0.4, 0.5) is 0 Å². The van der Waals surface area contributed by atoms with Crippen molar-refractivity contribution in [1.82, 2.24) is 5.32 Å². The van der Waals surface area contributed by atoms with E-state index in [1.807, 2.05) is 31.2 Å². The van der Waals surface area contributed by atoms with Gasteiger partial charge in [-0.3, -0.25) is 4.79 Å². The molecule has 0 atom stereocenters. The third-order valence-electron chi connectivity index (χ3n) is 4.12. The predicted octanol–water partition coefficient (Wildman–Crippen LogP) is 3.34. The summed E-state index contributed by atoms with van der Waals surface area (Å²) in [4.78, 5) is 24.5. The molecule has 110 valence electrons. The van der Waals surface area contributed by atoms with Crippen molar-refractivity contribution in [2.45, 2.75) is 38.1 Å². The Morgan fingerprint density at radius 3 is 2.62 bits per heavy atom. The number of benzene rings is 1. The van der Waals surface area contributed by atoms with Gasteiger partial charge < -0.3 is 10.4 Å². The predicted molar refractivity (Wildman–Crippen MR) is 82.9 cm³/mol. The van der Waals surface area contributed by atoms with Crippen LogP contribution in [0.3, 0.4) is 0 Å². The van der Waals surface area contributed by atoms with Crippen molar-refractivity contribution in [3.63, 3.8) is 0 Å². The number of carbonyl (C=O) groups is 2. The fourth-order valence-electron chi connectivity index (χ4n) is 2.90. The molecular weight excluding hydrogens is 286 g/mol. The zero-order chi connectivity index (χ0) is 15.0. The quantitative estimate of drug-likeness (QED) is 0.914. The fraction of sp³-hybridized carbons (Fsp3) is 0.375. The highest BCUT2D eigenvalue weighted by Crippen LogP contribution is 2.32. The Morgan fingerprint density at radius 2 is 1.95 bits per heavy atom. The lowest BCUT2D eigenvalue weighted by atomic mass is 9.98. The number of hydrogen-bond acceptors (Lipinski definition) is 3. The molecule has 1 aliphatic carbocycles. The first-order chi connectivity index (χ1) is 10.00. The Kier molecular flexibility index (Phi) is 3.45. The Hall–Kier alpha value is -1.88. The summed E-state index contributed by atoms with van der Waals surface area (Å²) in [6.07, 6.45) is 2.71. The molecule has 3 rings (SSSR count). The van der Waals surface area contributed by atoms with E-state index in [4.69, 9.17) is 0 Å². The SMILES string of the molecule is Cc1ccc2cc(C(=O)NC3(C(=O)O)CCCC3)sc2c1. The standard InChI is InChI=1S/C16H17NO3S/c1-10-4-5-11-9-13(21-12(11)8-10)14(18)17-16(15(19)20)6-2-3-7-16/h4-5,8-9H,2-3,6-7H2,1H3,(H,17,18)(H,19,20). The number of carboxylic acids is 1. The second-order valence-electron chi connectivity index (χ2n) is 5.70. The van der Waals surface area contributed by atoms with Crippen LogP contribution in [0.2, 0.25) is 0 Å². The molecule has 1 heterocycles.